The number of amides is 1. The molecule has 0 radical (unpaired) electrons. The number of carbonyl (C=O) groups is 1. The number of hydrazine groups is 1. The smallest absolute Gasteiger partial charge is 0.263 e. The summed E-state index contributed by atoms with van der Waals surface area (Å²) in [6.07, 6.45) is 9.48. The van der Waals surface area contributed by atoms with Crippen molar-refractivity contribution in [2.75, 3.05) is 44.2 Å². The number of nitrogens with zero attached hydrogens (tertiary/aromatic N) is 7. The van der Waals surface area contributed by atoms with Crippen LogP contribution in [0.1, 0.15) is 35.6 Å². The molecule has 0 atom stereocenters. The lowest BCUT2D eigenvalue weighted by Crippen LogP contribution is -2.39. The van der Waals surface area contributed by atoms with Gasteiger partial charge in [-0.25, -0.2) is 9.98 Å². The quantitative estimate of drug-likeness (QED) is 0.445. The van der Waals surface area contributed by atoms with Gasteiger partial charge in [0.25, 0.3) is 5.91 Å². The second-order valence-corrected chi connectivity index (χ2v) is 10.2. The molecule has 5 heterocycles. The number of aromatic nitrogens is 1. The Morgan fingerprint density at radius 1 is 1.25 bits per heavy atom. The molecule has 4 aliphatic rings. The third-order valence-corrected chi connectivity index (χ3v) is 7.59. The summed E-state index contributed by atoms with van der Waals surface area (Å²) in [6.45, 7) is 7.87. The zero-order valence-corrected chi connectivity index (χ0v) is 22.6. The van der Waals surface area contributed by atoms with Gasteiger partial charge in [0.1, 0.15) is 48.0 Å². The lowest BCUT2D eigenvalue weighted by atomic mass is 9.88. The molecule has 11 nitrogen and oxygen atoms in total. The summed E-state index contributed by atoms with van der Waals surface area (Å²) >= 11 is 0. The molecule has 1 saturated heterocycles. The molecule has 4 aliphatic heterocycles. The molecule has 11 heteroatoms. The maximum Gasteiger partial charge on any atom is 0.263 e. The number of aliphatic imine (C=N–C) groups is 2. The number of hydrogen-bond acceptors (Lipinski definition) is 9. The highest BCUT2D eigenvalue weighted by atomic mass is 16.5. The molecule has 204 valence electrons. The number of aryl methyl sites for hydroxylation is 1. The van der Waals surface area contributed by atoms with Gasteiger partial charge in [-0.15, -0.1) is 0 Å². The van der Waals surface area contributed by atoms with Crippen LogP contribution in [-0.4, -0.2) is 70.6 Å². The predicted octanol–water partition coefficient (Wildman–Crippen LogP) is 3.26. The Kier molecular flexibility index (Phi) is 6.61. The standard InChI is InChI=1S/C29H31N9O2/c1-19-14-22(4-5-25(19)40-23-8-13-38-26(15-23)32-18-35(38)3)34-28-27-24(9-12-37(27)33-17-31-28)21-6-10-36(11-7-21)29(39)20(2)16-30/h4-5,8-9,12-15,21,33H,2,6-7,10-11,17-18H2,1,3H3,(H,31,34). The minimum atomic E-state index is -0.272. The predicted molar refractivity (Wildman–Crippen MR) is 153 cm³/mol. The van der Waals surface area contributed by atoms with E-state index in [-0.39, 0.29) is 17.4 Å². The van der Waals surface area contributed by atoms with Crippen LogP contribution in [0.15, 0.2) is 76.7 Å². The van der Waals surface area contributed by atoms with Gasteiger partial charge in [0.2, 0.25) is 0 Å². The van der Waals surface area contributed by atoms with Crippen LogP contribution in [-0.2, 0) is 4.79 Å². The molecular weight excluding hydrogens is 506 g/mol. The number of nitriles is 1. The Balaban J connectivity index is 1.15. The van der Waals surface area contributed by atoms with E-state index in [4.69, 9.17) is 15.0 Å². The molecule has 1 aromatic heterocycles. The van der Waals surface area contributed by atoms with Gasteiger partial charge in [0, 0.05) is 44.3 Å². The van der Waals surface area contributed by atoms with Crippen LogP contribution in [0.25, 0.3) is 0 Å². The fourth-order valence-corrected chi connectivity index (χ4v) is 5.44. The number of ether oxygens (including phenoxy) is 1. The van der Waals surface area contributed by atoms with E-state index in [0.717, 1.165) is 53.0 Å². The van der Waals surface area contributed by atoms with E-state index in [0.29, 0.717) is 26.4 Å². The van der Waals surface area contributed by atoms with Gasteiger partial charge >= 0.3 is 0 Å². The average molecular weight is 538 g/mol. The van der Waals surface area contributed by atoms with Crippen molar-refractivity contribution in [3.8, 4) is 11.8 Å². The molecule has 1 aromatic carbocycles. The second kappa shape index (κ2) is 10.4. The Hall–Kier alpha value is -4.82. The van der Waals surface area contributed by atoms with Crippen LogP contribution in [0.2, 0.25) is 0 Å². The Morgan fingerprint density at radius 2 is 2.08 bits per heavy atom. The van der Waals surface area contributed by atoms with Crippen LogP contribution >= 0.6 is 0 Å². The topological polar surface area (TPSA) is 114 Å². The van der Waals surface area contributed by atoms with E-state index in [1.807, 2.05) is 71.4 Å². The van der Waals surface area contributed by atoms with Crippen molar-refractivity contribution < 1.29 is 9.53 Å². The van der Waals surface area contributed by atoms with E-state index in [2.05, 4.69) is 34.4 Å². The number of anilines is 1. The number of fused-ring (bicyclic) bond motifs is 2. The van der Waals surface area contributed by atoms with Crippen molar-refractivity contribution in [3.63, 3.8) is 0 Å². The first-order valence-electron chi connectivity index (χ1n) is 13.3. The van der Waals surface area contributed by atoms with Crippen molar-refractivity contribution in [2.24, 2.45) is 9.98 Å². The largest absolute Gasteiger partial charge is 0.457 e. The SMILES string of the molecule is C=C(C#N)C(=O)N1CCC(c2ccn3c2C(Nc2ccc(OC4=CC5=NCN(C)N5C=C4)c(C)c2)=NCN3)CC1. The summed E-state index contributed by atoms with van der Waals surface area (Å²) in [4.78, 5) is 23.3. The van der Waals surface area contributed by atoms with Crippen LogP contribution in [0.5, 0.6) is 5.75 Å². The van der Waals surface area contributed by atoms with E-state index in [1.165, 1.54) is 5.56 Å². The molecule has 2 aromatic rings. The summed E-state index contributed by atoms with van der Waals surface area (Å²) in [5, 5.41) is 16.6. The minimum absolute atomic E-state index is 0.0103. The van der Waals surface area contributed by atoms with E-state index in [9.17, 15) is 4.79 Å². The normalized spacial score (nSPS) is 18.6. The maximum absolute atomic E-state index is 12.4. The second-order valence-electron chi connectivity index (χ2n) is 10.2. The molecule has 0 bridgehead atoms. The van der Waals surface area contributed by atoms with Gasteiger partial charge in [-0.1, -0.05) is 6.58 Å². The molecule has 40 heavy (non-hydrogen) atoms. The molecule has 0 unspecified atom stereocenters. The van der Waals surface area contributed by atoms with Crippen molar-refractivity contribution in [3.05, 3.63) is 83.5 Å². The fourth-order valence-electron chi connectivity index (χ4n) is 5.44. The number of benzene rings is 1. The first-order chi connectivity index (χ1) is 19.4. The number of carbonyl (C=O) groups excluding carboxylic acids is 1. The molecule has 0 aliphatic carbocycles. The van der Waals surface area contributed by atoms with Crippen LogP contribution in [0, 0.1) is 18.3 Å². The van der Waals surface area contributed by atoms with E-state index < -0.39 is 0 Å². The van der Waals surface area contributed by atoms with Crippen molar-refractivity contribution >= 4 is 23.3 Å². The Morgan fingerprint density at radius 3 is 2.85 bits per heavy atom. The number of piperidine rings is 1. The third kappa shape index (κ3) is 4.74. The number of rotatable bonds is 5. The summed E-state index contributed by atoms with van der Waals surface area (Å²) in [5.74, 6) is 3.18. The monoisotopic (exact) mass is 537 g/mol. The van der Waals surface area contributed by atoms with Gasteiger partial charge in [-0.2, -0.15) is 10.3 Å². The van der Waals surface area contributed by atoms with Crippen LogP contribution < -0.4 is 15.5 Å². The van der Waals surface area contributed by atoms with E-state index in [1.54, 1.807) is 4.90 Å². The van der Waals surface area contributed by atoms with Crippen LogP contribution in [0.3, 0.4) is 0 Å². The first kappa shape index (κ1) is 25.5. The molecule has 0 saturated carbocycles. The first-order valence-corrected chi connectivity index (χ1v) is 13.3. The highest BCUT2D eigenvalue weighted by Gasteiger charge is 2.30. The molecule has 1 amide bonds. The Labute approximate surface area is 233 Å². The number of hydrogen-bond donors (Lipinski definition) is 2. The molecule has 2 N–H and O–H groups in total. The average Bonchev–Trinajstić information content (AvgIpc) is 3.58. The number of amidine groups is 2. The molecule has 1 fully saturated rings. The molecule has 0 spiro atoms. The highest BCUT2D eigenvalue weighted by molar-refractivity contribution is 6.09. The summed E-state index contributed by atoms with van der Waals surface area (Å²) in [5.41, 5.74) is 7.39. The van der Waals surface area contributed by atoms with Gasteiger partial charge in [0.15, 0.2) is 5.84 Å². The summed E-state index contributed by atoms with van der Waals surface area (Å²) < 4.78 is 8.20. The van der Waals surface area contributed by atoms with Gasteiger partial charge < -0.3 is 20.4 Å². The van der Waals surface area contributed by atoms with Crippen LogP contribution in [0.4, 0.5) is 5.69 Å². The van der Waals surface area contributed by atoms with E-state index >= 15 is 0 Å². The zero-order valence-electron chi connectivity index (χ0n) is 22.6. The minimum Gasteiger partial charge on any atom is -0.457 e. The number of allylic oxidation sites excluding steroid dienone is 1. The van der Waals surface area contributed by atoms with Gasteiger partial charge in [-0.3, -0.25) is 14.5 Å². The lowest BCUT2D eigenvalue weighted by Gasteiger charge is -2.32. The van der Waals surface area contributed by atoms with Gasteiger partial charge in [0.05, 0.1) is 0 Å². The lowest BCUT2D eigenvalue weighted by molar-refractivity contribution is -0.127. The highest BCUT2D eigenvalue weighted by Crippen LogP contribution is 2.33. The molecular formula is C29H31N9O2. The van der Waals surface area contributed by atoms with Crippen molar-refractivity contribution in [2.45, 2.75) is 25.7 Å². The van der Waals surface area contributed by atoms with Crippen molar-refractivity contribution in [1.82, 2.24) is 19.6 Å². The fraction of sp³-hybridized carbons (Fsp3) is 0.310. The summed E-state index contributed by atoms with van der Waals surface area (Å²) in [6, 6.07) is 10.0. The van der Waals surface area contributed by atoms with Crippen molar-refractivity contribution in [1.29, 1.82) is 5.26 Å². The molecule has 6 rings (SSSR count). The number of nitrogens with one attached hydrogen (secondary N) is 2. The number of likely N-dealkylation sites (tertiary alicyclic amines) is 1. The van der Waals surface area contributed by atoms with Gasteiger partial charge in [-0.05, 0) is 67.2 Å². The summed E-state index contributed by atoms with van der Waals surface area (Å²) in [7, 11) is 1.99. The third-order valence-electron chi connectivity index (χ3n) is 7.59. The Bertz CT molecular complexity index is 1530. The zero-order chi connectivity index (χ0) is 27.8. The maximum atomic E-state index is 12.4.